The van der Waals surface area contributed by atoms with Gasteiger partial charge in [0.05, 0.1) is 0 Å². The second-order valence-corrected chi connectivity index (χ2v) is 12.7. The number of hydrogen-bond donors (Lipinski definition) is 0. The van der Waals surface area contributed by atoms with Crippen LogP contribution in [0.25, 0.3) is 4.85 Å². The molecule has 0 aromatic heterocycles. The smallest absolute Gasteiger partial charge is 0.224 e. The highest BCUT2D eigenvalue weighted by Crippen LogP contribution is 2.68. The van der Waals surface area contributed by atoms with Gasteiger partial charge >= 0.3 is 0 Å². The maximum absolute atomic E-state index is 7.53. The maximum atomic E-state index is 7.53. The van der Waals surface area contributed by atoms with Crippen molar-refractivity contribution in [3.63, 3.8) is 0 Å². The number of nitrogens with zero attached hydrogens (tertiary/aromatic N) is 1. The lowest BCUT2D eigenvalue weighted by atomic mass is 9.44. The van der Waals surface area contributed by atoms with E-state index in [-0.39, 0.29) is 0 Å². The molecule has 1 heteroatoms. The fraction of sp³-hybridized carbons (Fsp3) is 0.964. The molecule has 164 valence electrons. The van der Waals surface area contributed by atoms with Crippen molar-refractivity contribution < 1.29 is 0 Å². The molecule has 0 amide bonds. The average Bonchev–Trinajstić information content (AvgIpc) is 3.04. The van der Waals surface area contributed by atoms with E-state index in [0.29, 0.717) is 16.9 Å². The fourth-order valence-electron chi connectivity index (χ4n) is 9.38. The van der Waals surface area contributed by atoms with Crippen molar-refractivity contribution in [2.45, 2.75) is 118 Å². The zero-order chi connectivity index (χ0) is 20.8. The molecule has 0 radical (unpaired) electrons. The maximum Gasteiger partial charge on any atom is 0.224 e. The van der Waals surface area contributed by atoms with Crippen molar-refractivity contribution in [2.24, 2.45) is 52.3 Å². The minimum atomic E-state index is 0.334. The molecule has 0 heterocycles. The molecule has 0 unspecified atom stereocenters. The van der Waals surface area contributed by atoms with E-state index in [9.17, 15) is 0 Å². The van der Waals surface area contributed by atoms with Gasteiger partial charge in [-0.3, -0.25) is 0 Å². The summed E-state index contributed by atoms with van der Waals surface area (Å²) in [6, 6.07) is 0.334. The summed E-state index contributed by atoms with van der Waals surface area (Å²) in [5.74, 6) is 6.54. The molecule has 0 N–H and O–H groups in total. The first kappa shape index (κ1) is 21.7. The monoisotopic (exact) mass is 397 g/mol. The van der Waals surface area contributed by atoms with Gasteiger partial charge in [0.1, 0.15) is 0 Å². The lowest BCUT2D eigenvalue weighted by molar-refractivity contribution is -0.115. The minimum Gasteiger partial charge on any atom is -0.314 e. The molecule has 0 aliphatic heterocycles. The molecule has 0 aromatic rings. The predicted molar refractivity (Wildman–Crippen MR) is 123 cm³/mol. The number of fused-ring (bicyclic) bond motifs is 5. The van der Waals surface area contributed by atoms with Gasteiger partial charge in [-0.15, -0.1) is 0 Å². The van der Waals surface area contributed by atoms with Crippen molar-refractivity contribution >= 4 is 0 Å². The van der Waals surface area contributed by atoms with E-state index in [1.807, 2.05) is 0 Å². The van der Waals surface area contributed by atoms with Gasteiger partial charge in [0, 0.05) is 12.8 Å². The van der Waals surface area contributed by atoms with Gasteiger partial charge in [0.2, 0.25) is 6.04 Å². The number of rotatable bonds is 5. The third-order valence-corrected chi connectivity index (χ3v) is 11.0. The van der Waals surface area contributed by atoms with Crippen LogP contribution in [-0.4, -0.2) is 6.04 Å². The van der Waals surface area contributed by atoms with Gasteiger partial charge in [0.25, 0.3) is 0 Å². The van der Waals surface area contributed by atoms with Crippen molar-refractivity contribution in [2.75, 3.05) is 0 Å². The van der Waals surface area contributed by atoms with Crippen molar-refractivity contribution in [3.8, 4) is 0 Å². The van der Waals surface area contributed by atoms with Crippen LogP contribution < -0.4 is 0 Å². The van der Waals surface area contributed by atoms with Gasteiger partial charge in [-0.05, 0) is 97.2 Å². The largest absolute Gasteiger partial charge is 0.314 e. The van der Waals surface area contributed by atoms with Crippen LogP contribution in [0.2, 0.25) is 0 Å². The molecule has 9 atom stereocenters. The number of hydrogen-bond acceptors (Lipinski definition) is 0. The van der Waals surface area contributed by atoms with Crippen LogP contribution >= 0.6 is 0 Å². The van der Waals surface area contributed by atoms with Crippen LogP contribution in [0.1, 0.15) is 112 Å². The third-order valence-electron chi connectivity index (χ3n) is 11.0. The second kappa shape index (κ2) is 8.20. The molecule has 0 spiro atoms. The van der Waals surface area contributed by atoms with Gasteiger partial charge in [0.15, 0.2) is 0 Å². The molecule has 0 saturated heterocycles. The summed E-state index contributed by atoms with van der Waals surface area (Å²) >= 11 is 0. The zero-order valence-corrected chi connectivity index (χ0v) is 20.1. The molecule has 4 aliphatic carbocycles. The van der Waals surface area contributed by atoms with E-state index in [1.165, 1.54) is 77.0 Å². The first-order chi connectivity index (χ1) is 13.8. The Hall–Kier alpha value is -0.510. The van der Waals surface area contributed by atoms with E-state index in [0.717, 1.165) is 41.4 Å². The summed E-state index contributed by atoms with van der Waals surface area (Å²) in [6.45, 7) is 20.2. The normalized spacial score (nSPS) is 47.8. The van der Waals surface area contributed by atoms with Crippen LogP contribution in [0.5, 0.6) is 0 Å². The lowest BCUT2D eigenvalue weighted by Crippen LogP contribution is -2.54. The highest BCUT2D eigenvalue weighted by molar-refractivity contribution is 5.10. The average molecular weight is 398 g/mol. The summed E-state index contributed by atoms with van der Waals surface area (Å²) in [5.41, 5.74) is 1.17. The molecule has 4 rings (SSSR count). The predicted octanol–water partition coefficient (Wildman–Crippen LogP) is 8.40. The van der Waals surface area contributed by atoms with Crippen LogP contribution in [0.3, 0.4) is 0 Å². The summed E-state index contributed by atoms with van der Waals surface area (Å²) in [4.78, 5) is 3.95. The van der Waals surface area contributed by atoms with Crippen LogP contribution in [0.4, 0.5) is 0 Å². The Morgan fingerprint density at radius 2 is 1.59 bits per heavy atom. The SMILES string of the molecule is [C-]#[N+][C@H]1CC[C@@]2(C)[C@@H](CC[C@@H]3[C@@H]2CC[C@]2(C)[C@@H]([C@H](C)CCCC(C)C)CC[C@@H]32)C1. The molecule has 4 saturated carbocycles. The van der Waals surface area contributed by atoms with Crippen LogP contribution in [-0.2, 0) is 0 Å². The Morgan fingerprint density at radius 3 is 2.31 bits per heavy atom. The van der Waals surface area contributed by atoms with Gasteiger partial charge in [-0.1, -0.05) is 53.9 Å². The fourth-order valence-corrected chi connectivity index (χ4v) is 9.38. The molecule has 4 aliphatic rings. The molecular weight excluding hydrogens is 350 g/mol. The molecular formula is C28H47N. The summed E-state index contributed by atoms with van der Waals surface area (Å²) in [6.07, 6.45) is 16.9. The second-order valence-electron chi connectivity index (χ2n) is 12.7. The first-order valence-electron chi connectivity index (χ1n) is 13.2. The lowest BCUT2D eigenvalue weighted by Gasteiger charge is -2.60. The standard InChI is InChI=1S/C28H47N/c1-19(2)8-7-9-20(3)24-12-13-25-23-11-10-21-18-22(29-6)14-16-27(21,4)26(23)15-17-28(24,25)5/h19-26H,7-18H2,1-5H3/t20-,21+,22+,23+,24-,25+,26+,27+,28-/m1/s1. The van der Waals surface area contributed by atoms with E-state index in [2.05, 4.69) is 39.5 Å². The Morgan fingerprint density at radius 1 is 0.862 bits per heavy atom. The van der Waals surface area contributed by atoms with Crippen LogP contribution in [0, 0.1) is 58.8 Å². The highest BCUT2D eigenvalue weighted by Gasteiger charge is 2.60. The Labute approximate surface area is 181 Å². The Bertz CT molecular complexity index is 616. The summed E-state index contributed by atoms with van der Waals surface area (Å²) in [7, 11) is 0. The molecule has 0 bridgehead atoms. The molecule has 1 nitrogen and oxygen atoms in total. The highest BCUT2D eigenvalue weighted by atomic mass is 14.7. The van der Waals surface area contributed by atoms with Crippen molar-refractivity contribution in [1.29, 1.82) is 0 Å². The van der Waals surface area contributed by atoms with Crippen molar-refractivity contribution in [1.82, 2.24) is 0 Å². The molecule has 4 fully saturated rings. The van der Waals surface area contributed by atoms with Gasteiger partial charge in [-0.25, -0.2) is 6.57 Å². The van der Waals surface area contributed by atoms with Crippen LogP contribution in [0.15, 0.2) is 0 Å². The molecule has 0 aromatic carbocycles. The minimum absolute atomic E-state index is 0.334. The van der Waals surface area contributed by atoms with E-state index in [4.69, 9.17) is 6.57 Å². The topological polar surface area (TPSA) is 4.36 Å². The van der Waals surface area contributed by atoms with E-state index < -0.39 is 0 Å². The van der Waals surface area contributed by atoms with Crippen molar-refractivity contribution in [3.05, 3.63) is 11.4 Å². The van der Waals surface area contributed by atoms with E-state index >= 15 is 0 Å². The Balaban J connectivity index is 1.46. The Kier molecular flexibility index (Phi) is 6.14. The van der Waals surface area contributed by atoms with Gasteiger partial charge < -0.3 is 4.85 Å². The summed E-state index contributed by atoms with van der Waals surface area (Å²) < 4.78 is 0. The molecule has 29 heavy (non-hydrogen) atoms. The van der Waals surface area contributed by atoms with Gasteiger partial charge in [-0.2, -0.15) is 0 Å². The summed E-state index contributed by atoms with van der Waals surface area (Å²) in [5, 5.41) is 0. The first-order valence-corrected chi connectivity index (χ1v) is 13.2. The van der Waals surface area contributed by atoms with E-state index in [1.54, 1.807) is 0 Å². The third kappa shape index (κ3) is 3.70. The zero-order valence-electron chi connectivity index (χ0n) is 20.1. The quantitative estimate of drug-likeness (QED) is 0.410.